The lowest BCUT2D eigenvalue weighted by molar-refractivity contribution is 0.0558. The summed E-state index contributed by atoms with van der Waals surface area (Å²) in [6.45, 7) is 4.96. The molecule has 0 bridgehead atoms. The molecule has 6 heteroatoms. The first kappa shape index (κ1) is 17.1. The number of amides is 1. The molecule has 1 atom stereocenters. The third-order valence-corrected chi connectivity index (χ3v) is 4.22. The first-order valence-corrected chi connectivity index (χ1v) is 7.96. The van der Waals surface area contributed by atoms with Crippen LogP contribution in [0.1, 0.15) is 30.1 Å². The molecule has 1 heterocycles. The zero-order valence-electron chi connectivity index (χ0n) is 12.8. The summed E-state index contributed by atoms with van der Waals surface area (Å²) in [5.41, 5.74) is 5.53. The number of nitrogens with two attached hydrogens (primary N) is 1. The van der Waals surface area contributed by atoms with Crippen LogP contribution in [0.4, 0.5) is 0 Å². The van der Waals surface area contributed by atoms with Crippen LogP contribution in [0, 0.1) is 5.92 Å². The molecule has 1 aliphatic rings. The number of aliphatic hydroxyl groups is 1. The zero-order valence-corrected chi connectivity index (χ0v) is 13.6. The molecule has 0 radical (unpaired) electrons. The van der Waals surface area contributed by atoms with E-state index in [1.165, 1.54) is 6.07 Å². The lowest BCUT2D eigenvalue weighted by atomic mass is 9.99. The van der Waals surface area contributed by atoms with Crippen molar-refractivity contribution in [2.24, 2.45) is 11.7 Å². The van der Waals surface area contributed by atoms with Gasteiger partial charge in [-0.25, -0.2) is 0 Å². The summed E-state index contributed by atoms with van der Waals surface area (Å²) in [6.07, 6.45) is 1.72. The largest absolute Gasteiger partial charge is 0.490 e. The van der Waals surface area contributed by atoms with Crippen molar-refractivity contribution in [1.82, 2.24) is 4.90 Å². The predicted octanol–water partition coefficient (Wildman–Crippen LogP) is 1.91. The number of hydrogen-bond donors (Lipinski definition) is 2. The van der Waals surface area contributed by atoms with E-state index in [2.05, 4.69) is 11.8 Å². The Kier molecular flexibility index (Phi) is 6.06. The summed E-state index contributed by atoms with van der Waals surface area (Å²) >= 11 is 5.84. The molecule has 1 aromatic carbocycles. The van der Waals surface area contributed by atoms with Crippen LogP contribution in [0.3, 0.4) is 0 Å². The molecule has 0 aromatic heterocycles. The van der Waals surface area contributed by atoms with Crippen molar-refractivity contribution in [2.45, 2.75) is 25.9 Å². The average molecular weight is 327 g/mol. The van der Waals surface area contributed by atoms with Gasteiger partial charge in [0.2, 0.25) is 0 Å². The van der Waals surface area contributed by atoms with Gasteiger partial charge in [-0.05, 0) is 50.0 Å². The molecular formula is C16H23ClN2O3. The molecule has 1 fully saturated rings. The average Bonchev–Trinajstić information content (AvgIpc) is 2.48. The molecule has 22 heavy (non-hydrogen) atoms. The van der Waals surface area contributed by atoms with Crippen LogP contribution in [-0.2, 0) is 0 Å². The third kappa shape index (κ3) is 4.87. The Bertz CT molecular complexity index is 516. The van der Waals surface area contributed by atoms with Gasteiger partial charge in [0, 0.05) is 11.6 Å². The monoisotopic (exact) mass is 326 g/mol. The van der Waals surface area contributed by atoms with E-state index in [1.54, 1.807) is 12.1 Å². The van der Waals surface area contributed by atoms with E-state index in [9.17, 15) is 9.90 Å². The van der Waals surface area contributed by atoms with Crippen molar-refractivity contribution in [2.75, 3.05) is 26.2 Å². The third-order valence-electron chi connectivity index (χ3n) is 3.98. The van der Waals surface area contributed by atoms with Crippen molar-refractivity contribution in [3.8, 4) is 5.75 Å². The van der Waals surface area contributed by atoms with E-state index >= 15 is 0 Å². The number of ether oxygens (including phenoxy) is 1. The highest BCUT2D eigenvalue weighted by Gasteiger charge is 2.19. The molecule has 1 amide bonds. The van der Waals surface area contributed by atoms with E-state index in [4.69, 9.17) is 22.1 Å². The van der Waals surface area contributed by atoms with Crippen molar-refractivity contribution in [1.29, 1.82) is 0 Å². The summed E-state index contributed by atoms with van der Waals surface area (Å²) in [4.78, 5) is 13.6. The number of likely N-dealkylation sites (tertiary alicyclic amines) is 1. The number of carbonyl (C=O) groups excluding carboxylic acids is 1. The first-order valence-electron chi connectivity index (χ1n) is 7.58. The van der Waals surface area contributed by atoms with Gasteiger partial charge in [0.1, 0.15) is 18.5 Å². The number of primary amides is 1. The molecule has 2 rings (SSSR count). The Hall–Kier alpha value is -1.30. The van der Waals surface area contributed by atoms with Gasteiger partial charge in [0.15, 0.2) is 0 Å². The molecule has 0 saturated carbocycles. The summed E-state index contributed by atoms with van der Waals surface area (Å²) < 4.78 is 5.54. The SMILES string of the molecule is CC1CCN(C[C@@H](O)COc2ccc(Cl)cc2C(N)=O)CC1. The predicted molar refractivity (Wildman–Crippen MR) is 86.3 cm³/mol. The van der Waals surface area contributed by atoms with Crippen LogP contribution < -0.4 is 10.5 Å². The second-order valence-electron chi connectivity index (χ2n) is 5.95. The van der Waals surface area contributed by atoms with Crippen molar-refractivity contribution >= 4 is 17.5 Å². The Balaban J connectivity index is 1.86. The normalized spacial score (nSPS) is 18.1. The van der Waals surface area contributed by atoms with Crippen LogP contribution in [0.15, 0.2) is 18.2 Å². The summed E-state index contributed by atoms with van der Waals surface area (Å²) in [6, 6.07) is 4.69. The number of carbonyl (C=O) groups is 1. The van der Waals surface area contributed by atoms with Crippen molar-refractivity contribution < 1.29 is 14.6 Å². The quantitative estimate of drug-likeness (QED) is 0.837. The number of hydrogen-bond acceptors (Lipinski definition) is 4. The lowest BCUT2D eigenvalue weighted by Gasteiger charge is -2.31. The highest BCUT2D eigenvalue weighted by molar-refractivity contribution is 6.31. The molecule has 0 unspecified atom stereocenters. The van der Waals surface area contributed by atoms with Crippen LogP contribution in [0.25, 0.3) is 0 Å². The van der Waals surface area contributed by atoms with Gasteiger partial charge in [-0.1, -0.05) is 18.5 Å². The van der Waals surface area contributed by atoms with Crippen LogP contribution in [0.2, 0.25) is 5.02 Å². The van der Waals surface area contributed by atoms with Crippen molar-refractivity contribution in [3.63, 3.8) is 0 Å². The minimum Gasteiger partial charge on any atom is -0.490 e. The van der Waals surface area contributed by atoms with Gasteiger partial charge in [-0.15, -0.1) is 0 Å². The number of piperidine rings is 1. The Morgan fingerprint density at radius 3 is 2.82 bits per heavy atom. The van der Waals surface area contributed by atoms with E-state index in [0.29, 0.717) is 17.3 Å². The fourth-order valence-corrected chi connectivity index (χ4v) is 2.77. The van der Waals surface area contributed by atoms with E-state index < -0.39 is 12.0 Å². The van der Waals surface area contributed by atoms with Gasteiger partial charge < -0.3 is 20.5 Å². The highest BCUT2D eigenvalue weighted by Crippen LogP contribution is 2.23. The zero-order chi connectivity index (χ0) is 16.1. The highest BCUT2D eigenvalue weighted by atomic mass is 35.5. The second kappa shape index (κ2) is 7.81. The topological polar surface area (TPSA) is 75.8 Å². The maximum atomic E-state index is 11.4. The van der Waals surface area contributed by atoms with Gasteiger partial charge in [-0.2, -0.15) is 0 Å². The molecule has 0 aliphatic carbocycles. The Morgan fingerprint density at radius 2 is 2.18 bits per heavy atom. The van der Waals surface area contributed by atoms with Crippen LogP contribution >= 0.6 is 11.6 Å². The molecule has 3 N–H and O–H groups in total. The molecule has 0 spiro atoms. The number of rotatable bonds is 6. The lowest BCUT2D eigenvalue weighted by Crippen LogP contribution is -2.40. The Morgan fingerprint density at radius 1 is 1.50 bits per heavy atom. The second-order valence-corrected chi connectivity index (χ2v) is 6.39. The van der Waals surface area contributed by atoms with Gasteiger partial charge >= 0.3 is 0 Å². The van der Waals surface area contributed by atoms with E-state index in [0.717, 1.165) is 31.8 Å². The molecule has 1 saturated heterocycles. The number of benzene rings is 1. The fourth-order valence-electron chi connectivity index (χ4n) is 2.60. The maximum Gasteiger partial charge on any atom is 0.252 e. The van der Waals surface area contributed by atoms with Crippen LogP contribution in [0.5, 0.6) is 5.75 Å². The molecule has 1 aromatic rings. The van der Waals surface area contributed by atoms with Crippen LogP contribution in [-0.4, -0.2) is 48.3 Å². The minimum atomic E-state index is -0.607. The molecule has 122 valence electrons. The van der Waals surface area contributed by atoms with Gasteiger partial charge in [-0.3, -0.25) is 4.79 Å². The fraction of sp³-hybridized carbons (Fsp3) is 0.562. The standard InChI is InChI=1S/C16H23ClN2O3/c1-11-4-6-19(7-5-11)9-13(20)10-22-15-3-2-12(17)8-14(15)16(18)21/h2-3,8,11,13,20H,4-7,9-10H2,1H3,(H2,18,21)/t13-/m1/s1. The minimum absolute atomic E-state index is 0.119. The number of β-amino-alcohol motifs (C(OH)–C–C–N with tert-alkyl or cyclic N) is 1. The number of halogens is 1. The summed E-state index contributed by atoms with van der Waals surface area (Å²) in [7, 11) is 0. The first-order chi connectivity index (χ1) is 10.5. The van der Waals surface area contributed by atoms with E-state index in [-0.39, 0.29) is 12.2 Å². The molecule has 5 nitrogen and oxygen atoms in total. The molecular weight excluding hydrogens is 304 g/mol. The number of nitrogens with zero attached hydrogens (tertiary/aromatic N) is 1. The van der Waals surface area contributed by atoms with Crippen molar-refractivity contribution in [3.05, 3.63) is 28.8 Å². The van der Waals surface area contributed by atoms with E-state index in [1.807, 2.05) is 0 Å². The molecule has 1 aliphatic heterocycles. The summed E-state index contributed by atoms with van der Waals surface area (Å²) in [5, 5.41) is 10.5. The summed E-state index contributed by atoms with van der Waals surface area (Å²) in [5.74, 6) is 0.511. The Labute approximate surface area is 136 Å². The smallest absolute Gasteiger partial charge is 0.252 e. The van der Waals surface area contributed by atoms with Gasteiger partial charge in [0.25, 0.3) is 5.91 Å². The maximum absolute atomic E-state index is 11.4. The van der Waals surface area contributed by atoms with Gasteiger partial charge in [0.05, 0.1) is 5.56 Å². The number of aliphatic hydroxyl groups excluding tert-OH is 1.